The second-order valence-corrected chi connectivity index (χ2v) is 7.36. The predicted molar refractivity (Wildman–Crippen MR) is 70.9 cm³/mol. The lowest BCUT2D eigenvalue weighted by Crippen LogP contribution is -2.15. The van der Waals surface area contributed by atoms with E-state index in [1.807, 2.05) is 11.3 Å². The van der Waals surface area contributed by atoms with Gasteiger partial charge in [0.1, 0.15) is 0 Å². The third kappa shape index (κ3) is 3.01. The molecule has 0 atom stereocenters. The molecule has 0 aliphatic rings. The van der Waals surface area contributed by atoms with Gasteiger partial charge in [-0.15, -0.1) is 0 Å². The van der Waals surface area contributed by atoms with Gasteiger partial charge < -0.3 is 0 Å². The highest BCUT2D eigenvalue weighted by Gasteiger charge is 2.32. The van der Waals surface area contributed by atoms with Crippen LogP contribution in [0.15, 0.2) is 12.1 Å². The molecule has 0 N–H and O–H groups in total. The van der Waals surface area contributed by atoms with Gasteiger partial charge in [0.05, 0.1) is 0 Å². The number of hydrogen-bond acceptors (Lipinski definition) is 0. The van der Waals surface area contributed by atoms with Gasteiger partial charge in [-0.05, 0) is 19.1 Å². The van der Waals surface area contributed by atoms with Gasteiger partial charge in [0.25, 0.3) is 0 Å². The third-order valence-corrected chi connectivity index (χ3v) is 4.58. The summed E-state index contributed by atoms with van der Waals surface area (Å²) in [7, 11) is 0. The van der Waals surface area contributed by atoms with Crippen molar-refractivity contribution in [2.24, 2.45) is 0 Å². The summed E-state index contributed by atoms with van der Waals surface area (Å²) >= 11 is 1.96. The molecule has 0 spiro atoms. The maximum absolute atomic E-state index is 2.29. The summed E-state index contributed by atoms with van der Waals surface area (Å²) < 4.78 is 0. The van der Waals surface area contributed by atoms with Crippen LogP contribution in [-0.2, 0) is 10.8 Å². The molecule has 0 aromatic carbocycles. The SMILES string of the molecule is Cc1ccc(C(C)(C)C)[s+]c1C(C)(C)C. The Morgan fingerprint density at radius 1 is 0.867 bits per heavy atom. The fraction of sp³-hybridized carbons (Fsp3) is 0.643. The molecule has 15 heavy (non-hydrogen) atoms. The first-order valence-corrected chi connectivity index (χ1v) is 6.39. The van der Waals surface area contributed by atoms with Crippen LogP contribution in [0.3, 0.4) is 0 Å². The molecular weight excluding hydrogens is 200 g/mol. The first-order valence-electron chi connectivity index (χ1n) is 5.57. The van der Waals surface area contributed by atoms with Crippen LogP contribution in [-0.4, -0.2) is 0 Å². The zero-order valence-corrected chi connectivity index (χ0v) is 11.9. The van der Waals surface area contributed by atoms with Crippen molar-refractivity contribution >= 4 is 11.3 Å². The summed E-state index contributed by atoms with van der Waals surface area (Å²) in [5.41, 5.74) is 1.94. The summed E-state index contributed by atoms with van der Waals surface area (Å²) in [6, 6.07) is 4.53. The second kappa shape index (κ2) is 3.86. The van der Waals surface area contributed by atoms with Crippen molar-refractivity contribution in [3.05, 3.63) is 27.5 Å². The lowest BCUT2D eigenvalue weighted by molar-refractivity contribution is 0.590. The highest BCUT2D eigenvalue weighted by Crippen LogP contribution is 2.35. The monoisotopic (exact) mass is 223 g/mol. The van der Waals surface area contributed by atoms with Gasteiger partial charge in [0.2, 0.25) is 21.1 Å². The van der Waals surface area contributed by atoms with Gasteiger partial charge in [-0.25, -0.2) is 0 Å². The molecule has 0 aliphatic heterocycles. The van der Waals surface area contributed by atoms with Crippen LogP contribution in [0.4, 0.5) is 0 Å². The molecule has 0 saturated carbocycles. The molecule has 1 heterocycles. The Labute approximate surface area is 98.4 Å². The van der Waals surface area contributed by atoms with Crippen LogP contribution in [0.1, 0.15) is 56.9 Å². The summed E-state index contributed by atoms with van der Waals surface area (Å²) in [4.78, 5) is 2.98. The fourth-order valence-electron chi connectivity index (χ4n) is 1.65. The van der Waals surface area contributed by atoms with Gasteiger partial charge in [-0.1, -0.05) is 41.5 Å². The van der Waals surface area contributed by atoms with E-state index < -0.39 is 0 Å². The summed E-state index contributed by atoms with van der Waals surface area (Å²) in [5, 5.41) is 0. The Balaban J connectivity index is 3.30. The molecule has 0 fully saturated rings. The van der Waals surface area contributed by atoms with E-state index in [1.54, 1.807) is 0 Å². The minimum Gasteiger partial charge on any atom is -0.0512 e. The molecule has 0 aliphatic carbocycles. The molecule has 0 nitrogen and oxygen atoms in total. The van der Waals surface area contributed by atoms with Crippen LogP contribution >= 0.6 is 11.3 Å². The lowest BCUT2D eigenvalue weighted by atomic mass is 9.91. The van der Waals surface area contributed by atoms with E-state index in [0.29, 0.717) is 0 Å². The zero-order valence-electron chi connectivity index (χ0n) is 11.1. The Bertz CT molecular complexity index is 351. The average molecular weight is 223 g/mol. The van der Waals surface area contributed by atoms with Gasteiger partial charge in [0.15, 0.2) is 0 Å². The molecule has 1 aromatic heterocycles. The van der Waals surface area contributed by atoms with Crippen molar-refractivity contribution < 1.29 is 0 Å². The topological polar surface area (TPSA) is 0 Å². The van der Waals surface area contributed by atoms with Crippen molar-refractivity contribution in [1.29, 1.82) is 0 Å². The summed E-state index contributed by atoms with van der Waals surface area (Å²) in [6.45, 7) is 15.9. The molecule has 0 unspecified atom stereocenters. The Kier molecular flexibility index (Phi) is 3.25. The first kappa shape index (κ1) is 12.6. The van der Waals surface area contributed by atoms with E-state index in [2.05, 4.69) is 60.6 Å². The molecule has 0 bridgehead atoms. The van der Waals surface area contributed by atoms with Crippen LogP contribution in [0.2, 0.25) is 0 Å². The van der Waals surface area contributed by atoms with Crippen LogP contribution in [0, 0.1) is 6.92 Å². The maximum atomic E-state index is 2.29. The third-order valence-electron chi connectivity index (χ3n) is 2.48. The molecule has 0 saturated heterocycles. The number of hydrogen-bond donors (Lipinski definition) is 0. The Morgan fingerprint density at radius 3 is 1.80 bits per heavy atom. The molecular formula is C14H23S+. The Morgan fingerprint density at radius 2 is 1.40 bits per heavy atom. The van der Waals surface area contributed by atoms with Crippen LogP contribution in [0.5, 0.6) is 0 Å². The predicted octanol–water partition coefficient (Wildman–Crippen LogP) is 4.93. The first-order chi connectivity index (χ1) is 6.62. The van der Waals surface area contributed by atoms with Gasteiger partial charge in [-0.2, -0.15) is 0 Å². The molecule has 0 amide bonds. The maximum Gasteiger partial charge on any atom is 0.219 e. The van der Waals surface area contributed by atoms with Crippen molar-refractivity contribution in [3.63, 3.8) is 0 Å². The summed E-state index contributed by atoms with van der Waals surface area (Å²) in [5.74, 6) is 0. The van der Waals surface area contributed by atoms with E-state index in [9.17, 15) is 0 Å². The highest BCUT2D eigenvalue weighted by molar-refractivity contribution is 7.12. The average Bonchev–Trinajstić information content (AvgIpc) is 2.00. The van der Waals surface area contributed by atoms with E-state index in [-0.39, 0.29) is 10.8 Å². The van der Waals surface area contributed by atoms with Crippen molar-refractivity contribution in [2.45, 2.75) is 59.3 Å². The highest BCUT2D eigenvalue weighted by atomic mass is 32.1. The molecule has 1 heteroatoms. The summed E-state index contributed by atoms with van der Waals surface area (Å²) in [6.07, 6.45) is 0. The smallest absolute Gasteiger partial charge is 0.0512 e. The van der Waals surface area contributed by atoms with Crippen LogP contribution in [0.25, 0.3) is 0 Å². The standard InChI is InChI=1S/C14H23S/c1-10-8-9-11(13(2,3)4)15-12(10)14(5,6)7/h8-9H,1-7H3/q+1. The Hall–Kier alpha value is -0.430. The van der Waals surface area contributed by atoms with Crippen molar-refractivity contribution in [3.8, 4) is 0 Å². The molecule has 1 aromatic rings. The van der Waals surface area contributed by atoms with Gasteiger partial charge >= 0.3 is 0 Å². The minimum atomic E-state index is 0.260. The number of aryl methyl sites for hydroxylation is 1. The van der Waals surface area contributed by atoms with E-state index in [4.69, 9.17) is 0 Å². The second-order valence-electron chi connectivity index (χ2n) is 6.31. The zero-order chi connectivity index (χ0) is 11.9. The van der Waals surface area contributed by atoms with E-state index >= 15 is 0 Å². The number of rotatable bonds is 0. The largest absolute Gasteiger partial charge is 0.219 e. The van der Waals surface area contributed by atoms with Crippen molar-refractivity contribution in [2.75, 3.05) is 0 Å². The van der Waals surface area contributed by atoms with E-state index in [1.165, 1.54) is 15.3 Å². The lowest BCUT2D eigenvalue weighted by Gasteiger charge is -2.16. The molecule has 0 radical (unpaired) electrons. The van der Waals surface area contributed by atoms with Gasteiger partial charge in [0, 0.05) is 16.4 Å². The normalized spacial score (nSPS) is 13.0. The molecule has 84 valence electrons. The van der Waals surface area contributed by atoms with Crippen LogP contribution < -0.4 is 0 Å². The minimum absolute atomic E-state index is 0.260. The quantitative estimate of drug-likeness (QED) is 0.547. The fourth-order valence-corrected chi connectivity index (χ4v) is 2.85. The van der Waals surface area contributed by atoms with Crippen molar-refractivity contribution in [1.82, 2.24) is 0 Å². The van der Waals surface area contributed by atoms with E-state index in [0.717, 1.165) is 0 Å². The molecule has 1 rings (SSSR count). The van der Waals surface area contributed by atoms with Gasteiger partial charge in [-0.3, -0.25) is 0 Å².